The van der Waals surface area contributed by atoms with Gasteiger partial charge in [-0.3, -0.25) is 9.78 Å². The van der Waals surface area contributed by atoms with E-state index in [2.05, 4.69) is 10.3 Å². The predicted molar refractivity (Wildman–Crippen MR) is 83.2 cm³/mol. The first-order valence-corrected chi connectivity index (χ1v) is 7.93. The van der Waals surface area contributed by atoms with E-state index in [0.717, 1.165) is 35.4 Å². The Morgan fingerprint density at radius 2 is 2.05 bits per heavy atom. The predicted octanol–water partition coefficient (Wildman–Crippen LogP) is 3.03. The van der Waals surface area contributed by atoms with Crippen LogP contribution in [0, 0.1) is 12.8 Å². The van der Waals surface area contributed by atoms with Gasteiger partial charge in [0.2, 0.25) is 0 Å². The fourth-order valence-electron chi connectivity index (χ4n) is 2.45. The first-order chi connectivity index (χ1) is 10.6. The number of aryl methyl sites for hydroxylation is 1. The Kier molecular flexibility index (Phi) is 3.94. The quantitative estimate of drug-likeness (QED) is 0.888. The second-order valence-electron chi connectivity index (χ2n) is 5.46. The second kappa shape index (κ2) is 5.88. The average molecular weight is 316 g/mol. The van der Waals surface area contributed by atoms with Crippen molar-refractivity contribution in [2.24, 2.45) is 5.92 Å². The number of amides is 1. The molecule has 114 valence electrons. The van der Waals surface area contributed by atoms with Gasteiger partial charge in [0.15, 0.2) is 0 Å². The summed E-state index contributed by atoms with van der Waals surface area (Å²) in [7, 11) is 0. The molecule has 1 atom stereocenters. The highest BCUT2D eigenvalue weighted by Gasteiger charge is 2.35. The zero-order valence-corrected chi connectivity index (χ0v) is 12.9. The van der Waals surface area contributed by atoms with Crippen molar-refractivity contribution < 1.29 is 14.7 Å². The van der Waals surface area contributed by atoms with E-state index in [4.69, 9.17) is 5.11 Å². The zero-order chi connectivity index (χ0) is 15.7. The van der Waals surface area contributed by atoms with Gasteiger partial charge in [-0.25, -0.2) is 4.79 Å². The lowest BCUT2D eigenvalue weighted by Crippen LogP contribution is -2.30. The highest BCUT2D eigenvalue weighted by molar-refractivity contribution is 7.15. The van der Waals surface area contributed by atoms with Crippen molar-refractivity contribution in [1.29, 1.82) is 0 Å². The third-order valence-corrected chi connectivity index (χ3v) is 4.84. The maximum absolute atomic E-state index is 12.4. The van der Waals surface area contributed by atoms with Gasteiger partial charge in [0.25, 0.3) is 5.91 Å². The van der Waals surface area contributed by atoms with Gasteiger partial charge >= 0.3 is 5.97 Å². The maximum atomic E-state index is 12.4. The number of hydrogen-bond acceptors (Lipinski definition) is 4. The summed E-state index contributed by atoms with van der Waals surface area (Å²) in [6.45, 7) is 1.98. The van der Waals surface area contributed by atoms with Crippen LogP contribution in [0.3, 0.4) is 0 Å². The molecule has 2 aromatic heterocycles. The molecule has 1 saturated carbocycles. The van der Waals surface area contributed by atoms with Crippen molar-refractivity contribution in [3.05, 3.63) is 51.5 Å². The Labute approximate surface area is 132 Å². The molecule has 3 rings (SSSR count). The lowest BCUT2D eigenvalue weighted by atomic mass is 10.0. The smallest absolute Gasteiger partial charge is 0.345 e. The molecule has 1 aliphatic carbocycles. The van der Waals surface area contributed by atoms with Gasteiger partial charge in [-0.05, 0) is 49.4 Å². The van der Waals surface area contributed by atoms with Crippen LogP contribution >= 0.6 is 11.3 Å². The zero-order valence-electron chi connectivity index (χ0n) is 12.1. The Morgan fingerprint density at radius 1 is 1.32 bits per heavy atom. The van der Waals surface area contributed by atoms with Crippen molar-refractivity contribution in [1.82, 2.24) is 10.3 Å². The van der Waals surface area contributed by atoms with Crippen molar-refractivity contribution in [3.8, 4) is 0 Å². The molecule has 2 N–H and O–H groups in total. The molecule has 5 nitrogen and oxygen atoms in total. The Bertz CT molecular complexity index is 722. The van der Waals surface area contributed by atoms with Crippen LogP contribution < -0.4 is 5.32 Å². The second-order valence-corrected chi connectivity index (χ2v) is 6.55. The molecule has 0 radical (unpaired) electrons. The number of aromatic nitrogens is 1. The van der Waals surface area contributed by atoms with Crippen LogP contribution in [-0.2, 0) is 0 Å². The van der Waals surface area contributed by atoms with E-state index in [9.17, 15) is 9.59 Å². The molecule has 0 aromatic carbocycles. The van der Waals surface area contributed by atoms with E-state index < -0.39 is 5.97 Å². The summed E-state index contributed by atoms with van der Waals surface area (Å²) in [6.07, 6.45) is 3.88. The van der Waals surface area contributed by atoms with E-state index in [-0.39, 0.29) is 16.8 Å². The monoisotopic (exact) mass is 316 g/mol. The minimum Gasteiger partial charge on any atom is -0.477 e. The first-order valence-electron chi connectivity index (χ1n) is 7.12. The highest BCUT2D eigenvalue weighted by atomic mass is 32.1. The van der Waals surface area contributed by atoms with Gasteiger partial charge in [0.1, 0.15) is 4.88 Å². The molecule has 1 aliphatic rings. The summed E-state index contributed by atoms with van der Waals surface area (Å²) < 4.78 is 0. The van der Waals surface area contributed by atoms with Gasteiger partial charge in [0.05, 0.1) is 16.6 Å². The van der Waals surface area contributed by atoms with E-state index in [0.29, 0.717) is 10.8 Å². The summed E-state index contributed by atoms with van der Waals surface area (Å²) in [5.41, 5.74) is 1.95. The molecule has 0 aliphatic heterocycles. The summed E-state index contributed by atoms with van der Waals surface area (Å²) in [5.74, 6) is -0.834. The van der Waals surface area contributed by atoms with Crippen molar-refractivity contribution in [2.75, 3.05) is 0 Å². The Balaban J connectivity index is 1.80. The number of nitrogens with one attached hydrogen (secondary N) is 1. The lowest BCUT2D eigenvalue weighted by Gasteiger charge is -2.19. The van der Waals surface area contributed by atoms with E-state index in [1.54, 1.807) is 12.3 Å². The summed E-state index contributed by atoms with van der Waals surface area (Å²) in [6, 6.07) is 6.77. The molecule has 0 unspecified atom stereocenters. The van der Waals surface area contributed by atoms with E-state index >= 15 is 0 Å². The fraction of sp³-hybridized carbons (Fsp3) is 0.312. The Morgan fingerprint density at radius 3 is 2.64 bits per heavy atom. The third-order valence-electron chi connectivity index (χ3n) is 3.77. The fourth-order valence-corrected chi connectivity index (χ4v) is 3.20. The van der Waals surface area contributed by atoms with Crippen LogP contribution in [0.15, 0.2) is 30.5 Å². The normalized spacial score (nSPS) is 15.3. The van der Waals surface area contributed by atoms with Crippen LogP contribution in [0.5, 0.6) is 0 Å². The molecule has 6 heteroatoms. The van der Waals surface area contributed by atoms with Gasteiger partial charge in [0, 0.05) is 6.20 Å². The number of carbonyl (C=O) groups is 2. The largest absolute Gasteiger partial charge is 0.477 e. The average Bonchev–Trinajstić information content (AvgIpc) is 3.20. The standard InChI is InChI=1S/C16H16N2O3S/c1-9-3-2-8-17-13(9)14(10-4-5-10)18-15(19)11-6-7-12(22-11)16(20)21/h2-3,6-8,10,14H,4-5H2,1H3,(H,18,19)(H,20,21)/t14-/m1/s1. The Hall–Kier alpha value is -2.21. The molecule has 1 fully saturated rings. The molecule has 0 bridgehead atoms. The maximum Gasteiger partial charge on any atom is 0.345 e. The number of thiophene rings is 1. The number of carboxylic acid groups (broad SMARTS) is 1. The SMILES string of the molecule is Cc1cccnc1[C@H](NC(=O)c1ccc(C(=O)O)s1)C1CC1. The van der Waals surface area contributed by atoms with E-state index in [1.807, 2.05) is 19.1 Å². The molecule has 1 amide bonds. The van der Waals surface area contributed by atoms with Crippen LogP contribution in [0.2, 0.25) is 0 Å². The third kappa shape index (κ3) is 3.01. The molecule has 0 spiro atoms. The van der Waals surface area contributed by atoms with Crippen LogP contribution in [0.25, 0.3) is 0 Å². The first kappa shape index (κ1) is 14.7. The van der Waals surface area contributed by atoms with Crippen molar-refractivity contribution in [2.45, 2.75) is 25.8 Å². The molecule has 2 aromatic rings. The number of aromatic carboxylic acids is 1. The molecule has 22 heavy (non-hydrogen) atoms. The topological polar surface area (TPSA) is 79.3 Å². The van der Waals surface area contributed by atoms with Gasteiger partial charge in [-0.15, -0.1) is 11.3 Å². The molecule has 2 heterocycles. The summed E-state index contributed by atoms with van der Waals surface area (Å²) >= 11 is 0.991. The summed E-state index contributed by atoms with van der Waals surface area (Å²) in [4.78, 5) is 28.3. The van der Waals surface area contributed by atoms with Gasteiger partial charge in [-0.2, -0.15) is 0 Å². The number of pyridine rings is 1. The van der Waals surface area contributed by atoms with Gasteiger partial charge in [-0.1, -0.05) is 6.07 Å². The van der Waals surface area contributed by atoms with Crippen molar-refractivity contribution >= 4 is 23.2 Å². The van der Waals surface area contributed by atoms with E-state index in [1.165, 1.54) is 6.07 Å². The lowest BCUT2D eigenvalue weighted by molar-refractivity contribution is 0.0702. The number of nitrogens with zero attached hydrogens (tertiary/aromatic N) is 1. The summed E-state index contributed by atoms with van der Waals surface area (Å²) in [5, 5.41) is 12.0. The molecular formula is C16H16N2O3S. The number of carboxylic acids is 1. The number of rotatable bonds is 5. The highest BCUT2D eigenvalue weighted by Crippen LogP contribution is 2.41. The van der Waals surface area contributed by atoms with Crippen molar-refractivity contribution in [3.63, 3.8) is 0 Å². The van der Waals surface area contributed by atoms with Crippen LogP contribution in [0.4, 0.5) is 0 Å². The molecular weight excluding hydrogens is 300 g/mol. The minimum atomic E-state index is -1.01. The van der Waals surface area contributed by atoms with Crippen LogP contribution in [0.1, 0.15) is 49.5 Å². The minimum absolute atomic E-state index is 0.107. The number of carbonyl (C=O) groups excluding carboxylic acids is 1. The molecule has 0 saturated heterocycles. The number of hydrogen-bond donors (Lipinski definition) is 2. The van der Waals surface area contributed by atoms with Crippen LogP contribution in [-0.4, -0.2) is 22.0 Å². The van der Waals surface area contributed by atoms with Gasteiger partial charge < -0.3 is 10.4 Å².